The van der Waals surface area contributed by atoms with E-state index < -0.39 is 35.1 Å². The van der Waals surface area contributed by atoms with Gasteiger partial charge in [-0.3, -0.25) is 19.2 Å². The summed E-state index contributed by atoms with van der Waals surface area (Å²) >= 11 is 6.25. The number of fused-ring (bicyclic) bond motifs is 1. The molecule has 4 rings (SSSR count). The number of carbonyl (C=O) groups is 2. The Balaban J connectivity index is 1.78. The molecule has 3 aromatic heterocycles. The van der Waals surface area contributed by atoms with Gasteiger partial charge < -0.3 is 9.32 Å². The number of alkyl halides is 3. The molecular formula is C18H14ClF3N4O4. The van der Waals surface area contributed by atoms with E-state index in [0.29, 0.717) is 12.0 Å². The molecule has 0 aromatic carbocycles. The average molecular weight is 443 g/mol. The monoisotopic (exact) mass is 442 g/mol. The molecule has 1 aliphatic rings. The van der Waals surface area contributed by atoms with Crippen LogP contribution in [0.5, 0.6) is 0 Å². The van der Waals surface area contributed by atoms with E-state index in [0.717, 1.165) is 10.5 Å². The van der Waals surface area contributed by atoms with E-state index in [1.54, 1.807) is 0 Å². The minimum Gasteiger partial charge on any atom is -0.472 e. The number of pyridine rings is 1. The second kappa shape index (κ2) is 7.33. The minimum absolute atomic E-state index is 0.0121. The third-order valence-electron chi connectivity index (χ3n) is 4.98. The summed E-state index contributed by atoms with van der Waals surface area (Å²) in [5.74, 6) is -1.97. The van der Waals surface area contributed by atoms with Crippen molar-refractivity contribution in [3.63, 3.8) is 0 Å². The highest BCUT2D eigenvalue weighted by Gasteiger charge is 2.38. The van der Waals surface area contributed by atoms with Crippen molar-refractivity contribution in [1.82, 2.24) is 19.8 Å². The van der Waals surface area contributed by atoms with E-state index in [9.17, 15) is 22.8 Å². The summed E-state index contributed by atoms with van der Waals surface area (Å²) in [6.07, 6.45) is -0.499. The zero-order chi connectivity index (χ0) is 21.6. The van der Waals surface area contributed by atoms with Gasteiger partial charge in [0.1, 0.15) is 5.15 Å². The number of furan rings is 1. The molecular weight excluding hydrogens is 429 g/mol. The van der Waals surface area contributed by atoms with Gasteiger partial charge in [-0.05, 0) is 18.6 Å². The molecule has 8 nitrogen and oxygen atoms in total. The van der Waals surface area contributed by atoms with Gasteiger partial charge in [0.15, 0.2) is 11.3 Å². The molecule has 158 valence electrons. The lowest BCUT2D eigenvalue weighted by molar-refractivity contribution is -0.136. The first-order valence-corrected chi connectivity index (χ1v) is 9.13. The van der Waals surface area contributed by atoms with E-state index in [-0.39, 0.29) is 29.5 Å². The topological polar surface area (TPSA) is 100 Å². The van der Waals surface area contributed by atoms with Crippen LogP contribution in [0.15, 0.2) is 35.3 Å². The summed E-state index contributed by atoms with van der Waals surface area (Å²) in [5.41, 5.74) is 0.198. The summed E-state index contributed by atoms with van der Waals surface area (Å²) in [6, 6.07) is 2.41. The lowest BCUT2D eigenvalue weighted by Crippen LogP contribution is -2.33. The molecule has 12 heteroatoms. The second-order valence-electron chi connectivity index (χ2n) is 6.81. The van der Waals surface area contributed by atoms with E-state index >= 15 is 0 Å². The summed E-state index contributed by atoms with van der Waals surface area (Å²) < 4.78 is 47.0. The Bertz CT molecular complexity index is 1130. The predicted octanol–water partition coefficient (Wildman–Crippen LogP) is 3.23. The highest BCUT2D eigenvalue weighted by molar-refractivity contribution is 6.33. The molecule has 1 fully saturated rings. The number of nitrogens with zero attached hydrogens (tertiary/aromatic N) is 3. The number of halogens is 4. The SMILES string of the molecule is O=C(NO)C1CCN(C(=O)c2nc3c(C(F)(F)F)cc(-c4ccoc4)cn3c2Cl)C1. The van der Waals surface area contributed by atoms with Crippen molar-refractivity contribution in [2.75, 3.05) is 13.1 Å². The van der Waals surface area contributed by atoms with Gasteiger partial charge in [0.05, 0.1) is 24.0 Å². The number of amides is 2. The molecule has 2 amide bonds. The number of carbonyl (C=O) groups excluding carboxylic acids is 2. The van der Waals surface area contributed by atoms with Gasteiger partial charge in [-0.25, -0.2) is 10.5 Å². The summed E-state index contributed by atoms with van der Waals surface area (Å²) in [4.78, 5) is 29.5. The van der Waals surface area contributed by atoms with Gasteiger partial charge >= 0.3 is 6.18 Å². The molecule has 0 saturated carbocycles. The van der Waals surface area contributed by atoms with Crippen molar-refractivity contribution in [1.29, 1.82) is 0 Å². The Morgan fingerprint density at radius 1 is 1.33 bits per heavy atom. The largest absolute Gasteiger partial charge is 0.472 e. The van der Waals surface area contributed by atoms with Crippen LogP contribution in [0, 0.1) is 5.92 Å². The standard InChI is InChI=1S/C18H14ClF3N4O4/c19-14-13(17(28)25-3-1-9(6-25)16(27)24-29)23-15-12(18(20,21)22)5-11(7-26(14)15)10-2-4-30-8-10/h2,4-5,7-9,29H,1,3,6H2,(H,24,27). The predicted molar refractivity (Wildman–Crippen MR) is 96.8 cm³/mol. The fraction of sp³-hybridized carbons (Fsp3) is 0.278. The Labute approximate surface area is 171 Å². The molecule has 3 aromatic rings. The van der Waals surface area contributed by atoms with E-state index in [2.05, 4.69) is 4.98 Å². The fourth-order valence-corrected chi connectivity index (χ4v) is 3.70. The number of nitrogens with one attached hydrogen (secondary N) is 1. The molecule has 0 bridgehead atoms. The van der Waals surface area contributed by atoms with E-state index in [4.69, 9.17) is 21.2 Å². The Morgan fingerprint density at radius 3 is 2.73 bits per heavy atom. The first-order valence-electron chi connectivity index (χ1n) is 8.75. The number of aromatic nitrogens is 2. The van der Waals surface area contributed by atoms with E-state index in [1.807, 2.05) is 0 Å². The van der Waals surface area contributed by atoms with Crippen LogP contribution >= 0.6 is 11.6 Å². The average Bonchev–Trinajstić information content (AvgIpc) is 3.46. The van der Waals surface area contributed by atoms with Gasteiger partial charge in [0.25, 0.3) is 5.91 Å². The second-order valence-corrected chi connectivity index (χ2v) is 7.17. The fourth-order valence-electron chi connectivity index (χ4n) is 3.45. The van der Waals surface area contributed by atoms with Gasteiger partial charge in [0, 0.05) is 30.4 Å². The molecule has 1 saturated heterocycles. The first-order chi connectivity index (χ1) is 14.2. The van der Waals surface area contributed by atoms with Gasteiger partial charge in [-0.2, -0.15) is 13.2 Å². The molecule has 2 N–H and O–H groups in total. The molecule has 1 atom stereocenters. The summed E-state index contributed by atoms with van der Waals surface area (Å²) in [6.45, 7) is 0.162. The third-order valence-corrected chi connectivity index (χ3v) is 5.34. The van der Waals surface area contributed by atoms with Crippen LogP contribution in [0.25, 0.3) is 16.8 Å². The number of likely N-dealkylation sites (tertiary alicyclic amines) is 1. The quantitative estimate of drug-likeness (QED) is 0.479. The van der Waals surface area contributed by atoms with Gasteiger partial charge in [0.2, 0.25) is 5.91 Å². The normalized spacial score (nSPS) is 17.0. The Kier molecular flexibility index (Phi) is 4.94. The third kappa shape index (κ3) is 3.39. The zero-order valence-corrected chi connectivity index (χ0v) is 15.9. The van der Waals surface area contributed by atoms with Gasteiger partial charge in [-0.15, -0.1) is 0 Å². The smallest absolute Gasteiger partial charge is 0.420 e. The summed E-state index contributed by atoms with van der Waals surface area (Å²) in [7, 11) is 0. The molecule has 0 spiro atoms. The van der Waals surface area contributed by atoms with Crippen LogP contribution in [0.2, 0.25) is 5.15 Å². The minimum atomic E-state index is -4.74. The molecule has 0 radical (unpaired) electrons. The van der Waals surface area contributed by atoms with Gasteiger partial charge in [-0.1, -0.05) is 11.6 Å². The maximum absolute atomic E-state index is 13.7. The number of imidazole rings is 1. The highest BCUT2D eigenvalue weighted by Crippen LogP contribution is 2.37. The van der Waals surface area contributed by atoms with Crippen molar-refractivity contribution in [2.24, 2.45) is 5.92 Å². The van der Waals surface area contributed by atoms with Crippen molar-refractivity contribution >= 4 is 29.1 Å². The van der Waals surface area contributed by atoms with Crippen LogP contribution in [-0.4, -0.2) is 44.4 Å². The van der Waals surface area contributed by atoms with Crippen LogP contribution in [0.3, 0.4) is 0 Å². The number of hydroxylamine groups is 1. The summed E-state index contributed by atoms with van der Waals surface area (Å²) in [5, 5.41) is 8.46. The first kappa shape index (κ1) is 20.2. The lowest BCUT2D eigenvalue weighted by Gasteiger charge is -2.14. The van der Waals surface area contributed by atoms with Crippen LogP contribution in [0.4, 0.5) is 13.2 Å². The number of hydrogen-bond donors (Lipinski definition) is 2. The lowest BCUT2D eigenvalue weighted by atomic mass is 10.1. The van der Waals surface area contributed by atoms with Crippen LogP contribution in [0.1, 0.15) is 22.5 Å². The number of hydrogen-bond acceptors (Lipinski definition) is 5. The van der Waals surface area contributed by atoms with E-state index in [1.165, 1.54) is 35.2 Å². The molecule has 1 aliphatic heterocycles. The van der Waals surface area contributed by atoms with Crippen molar-refractivity contribution in [2.45, 2.75) is 12.6 Å². The Morgan fingerprint density at radius 2 is 2.10 bits per heavy atom. The van der Waals surface area contributed by atoms with Crippen molar-refractivity contribution in [3.8, 4) is 11.1 Å². The van der Waals surface area contributed by atoms with Crippen molar-refractivity contribution < 1.29 is 32.4 Å². The maximum atomic E-state index is 13.7. The molecule has 1 unspecified atom stereocenters. The molecule has 4 heterocycles. The van der Waals surface area contributed by atoms with Crippen LogP contribution < -0.4 is 5.48 Å². The van der Waals surface area contributed by atoms with Crippen molar-refractivity contribution in [3.05, 3.63) is 47.3 Å². The Hall–Kier alpha value is -3.05. The number of rotatable bonds is 3. The molecule has 0 aliphatic carbocycles. The maximum Gasteiger partial charge on any atom is 0.420 e. The zero-order valence-electron chi connectivity index (χ0n) is 15.1. The highest BCUT2D eigenvalue weighted by atomic mass is 35.5. The molecule has 30 heavy (non-hydrogen) atoms. The van der Waals surface area contributed by atoms with Crippen LogP contribution in [-0.2, 0) is 11.0 Å².